The van der Waals surface area contributed by atoms with Crippen molar-refractivity contribution in [2.75, 3.05) is 0 Å². The van der Waals surface area contributed by atoms with Crippen LogP contribution in [0.25, 0.3) is 0 Å². The molecule has 2 aromatic rings. The van der Waals surface area contributed by atoms with Crippen LogP contribution in [0, 0.1) is 69.6 Å². The van der Waals surface area contributed by atoms with Crippen LogP contribution < -0.4 is 9.47 Å². The van der Waals surface area contributed by atoms with Gasteiger partial charge in [-0.3, -0.25) is 0 Å². The van der Waals surface area contributed by atoms with Crippen LogP contribution in [0.2, 0.25) is 0 Å². The molecule has 0 aliphatic rings. The van der Waals surface area contributed by atoms with E-state index in [9.17, 15) is 10.2 Å². The number of phenols is 2. The third-order valence-electron chi connectivity index (χ3n) is 5.32. The molecule has 0 amide bonds. The average Bonchev–Trinajstić information content (AvgIpc) is 2.63. The molecule has 1 radical (unpaired) electrons. The van der Waals surface area contributed by atoms with Crippen molar-refractivity contribution in [3.05, 3.63) is 58.7 Å². The van der Waals surface area contributed by atoms with E-state index in [1.54, 1.807) is 0 Å². The van der Waals surface area contributed by atoms with Gasteiger partial charge in [-0.25, -0.2) is 0 Å². The van der Waals surface area contributed by atoms with Crippen molar-refractivity contribution >= 4 is 0 Å². The van der Waals surface area contributed by atoms with E-state index in [0.717, 1.165) is 56.0 Å². The number of rotatable bonds is 2. The van der Waals surface area contributed by atoms with Crippen molar-refractivity contribution in [1.82, 2.24) is 0 Å². The standard InChI is InChI=1S/2C11H15O2.Y/c2*1-6-8(3)11(13-5)9(4)7(2)10(6)12;/h2*12H,5H2,1-4H3;/q2*-1;. The van der Waals surface area contributed by atoms with Crippen LogP contribution in [0.5, 0.6) is 23.0 Å². The molecule has 0 bridgehead atoms. The quantitative estimate of drug-likeness (QED) is 0.590. The first-order chi connectivity index (χ1) is 12.0. The van der Waals surface area contributed by atoms with Gasteiger partial charge in [0.25, 0.3) is 0 Å². The van der Waals surface area contributed by atoms with Crippen LogP contribution in [0.4, 0.5) is 0 Å². The Hall–Kier alpha value is -1.26. The molecule has 0 atom stereocenters. The summed E-state index contributed by atoms with van der Waals surface area (Å²) in [5, 5.41) is 19.4. The smallest absolute Gasteiger partial charge is 0.122 e. The minimum absolute atomic E-state index is 0. The van der Waals surface area contributed by atoms with Gasteiger partial charge in [-0.15, -0.1) is 0 Å². The van der Waals surface area contributed by atoms with Gasteiger partial charge < -0.3 is 19.7 Å². The molecule has 2 rings (SSSR count). The molecule has 0 aliphatic heterocycles. The third kappa shape index (κ3) is 4.97. The van der Waals surface area contributed by atoms with Crippen molar-refractivity contribution in [2.24, 2.45) is 0 Å². The fraction of sp³-hybridized carbons (Fsp3) is 0.364. The van der Waals surface area contributed by atoms with E-state index in [1.807, 2.05) is 55.4 Å². The van der Waals surface area contributed by atoms with E-state index < -0.39 is 0 Å². The summed E-state index contributed by atoms with van der Waals surface area (Å²) in [4.78, 5) is 0. The van der Waals surface area contributed by atoms with Gasteiger partial charge in [0.15, 0.2) is 0 Å². The Kier molecular flexibility index (Phi) is 9.85. The van der Waals surface area contributed by atoms with E-state index in [4.69, 9.17) is 9.47 Å². The molecule has 5 heteroatoms. The molecule has 0 aliphatic carbocycles. The molecule has 0 unspecified atom stereocenters. The molecular formula is C22H30O4Y-2. The predicted octanol–water partition coefficient (Wildman–Crippen LogP) is 5.59. The van der Waals surface area contributed by atoms with Crippen molar-refractivity contribution in [3.8, 4) is 23.0 Å². The summed E-state index contributed by atoms with van der Waals surface area (Å²) in [6.07, 6.45) is 0. The fourth-order valence-electron chi connectivity index (χ4n) is 2.95. The third-order valence-corrected chi connectivity index (χ3v) is 5.32. The van der Waals surface area contributed by atoms with Gasteiger partial charge in [-0.2, -0.15) is 14.2 Å². The second kappa shape index (κ2) is 10.3. The van der Waals surface area contributed by atoms with Crippen molar-refractivity contribution < 1.29 is 52.4 Å². The Balaban J connectivity index is 0.000000483. The van der Waals surface area contributed by atoms with Crippen LogP contribution in [0.1, 0.15) is 44.5 Å². The average molecular weight is 447 g/mol. The largest absolute Gasteiger partial charge is 0.665 e. The number of hydrogen-bond acceptors (Lipinski definition) is 4. The molecule has 0 heterocycles. The molecule has 4 nitrogen and oxygen atoms in total. The molecule has 0 spiro atoms. The Morgan fingerprint density at radius 1 is 0.481 bits per heavy atom. The first-order valence-corrected chi connectivity index (χ1v) is 8.43. The summed E-state index contributed by atoms with van der Waals surface area (Å²) in [5.41, 5.74) is 7.27. The van der Waals surface area contributed by atoms with Crippen LogP contribution in [-0.2, 0) is 32.7 Å². The number of ether oxygens (including phenoxy) is 2. The van der Waals surface area contributed by atoms with Crippen molar-refractivity contribution in [1.29, 1.82) is 0 Å². The zero-order valence-corrected chi connectivity index (χ0v) is 20.5. The molecular weight excluding hydrogens is 417 g/mol. The first-order valence-electron chi connectivity index (χ1n) is 8.43. The fourth-order valence-corrected chi connectivity index (χ4v) is 2.95. The number of hydrogen-bond donors (Lipinski definition) is 2. The minimum Gasteiger partial charge on any atom is -0.665 e. The van der Waals surface area contributed by atoms with Gasteiger partial charge in [-0.05, 0) is 99.9 Å². The SMILES string of the molecule is [CH2-]Oc1c(C)c(C)c(O)c(C)c1C.[CH2-]Oc1c(C)c(C)c(O)c(C)c1C.[Y]. The van der Waals surface area contributed by atoms with Crippen LogP contribution in [-0.4, -0.2) is 10.2 Å². The van der Waals surface area contributed by atoms with Gasteiger partial charge in [0.1, 0.15) is 11.5 Å². The molecule has 0 fully saturated rings. The monoisotopic (exact) mass is 447 g/mol. The molecule has 27 heavy (non-hydrogen) atoms. The number of phenolic OH excluding ortho intramolecular Hbond substituents is 2. The maximum Gasteiger partial charge on any atom is 0.122 e. The zero-order valence-electron chi connectivity index (χ0n) is 17.7. The summed E-state index contributed by atoms with van der Waals surface area (Å²) in [6.45, 7) is 15.2. The van der Waals surface area contributed by atoms with E-state index in [-0.39, 0.29) is 32.7 Å². The van der Waals surface area contributed by atoms with Gasteiger partial charge in [-0.1, -0.05) is 0 Å². The maximum atomic E-state index is 9.71. The molecule has 2 aromatic carbocycles. The summed E-state index contributed by atoms with van der Waals surface area (Å²) in [5.74, 6) is 2.26. The summed E-state index contributed by atoms with van der Waals surface area (Å²) in [6, 6.07) is 0. The van der Waals surface area contributed by atoms with E-state index in [2.05, 4.69) is 14.2 Å². The second-order valence-electron chi connectivity index (χ2n) is 6.64. The molecule has 2 N–H and O–H groups in total. The van der Waals surface area contributed by atoms with E-state index in [0.29, 0.717) is 11.5 Å². The summed E-state index contributed by atoms with van der Waals surface area (Å²) < 4.78 is 10.1. The van der Waals surface area contributed by atoms with Crippen molar-refractivity contribution in [2.45, 2.75) is 55.4 Å². The van der Waals surface area contributed by atoms with Gasteiger partial charge in [0, 0.05) is 32.7 Å². The number of aromatic hydroxyl groups is 2. The van der Waals surface area contributed by atoms with Crippen LogP contribution in [0.15, 0.2) is 0 Å². The molecule has 0 aromatic heterocycles. The Morgan fingerprint density at radius 2 is 0.667 bits per heavy atom. The van der Waals surface area contributed by atoms with Crippen LogP contribution in [0.3, 0.4) is 0 Å². The van der Waals surface area contributed by atoms with E-state index >= 15 is 0 Å². The van der Waals surface area contributed by atoms with Gasteiger partial charge >= 0.3 is 0 Å². The summed E-state index contributed by atoms with van der Waals surface area (Å²) in [7, 11) is 6.82. The zero-order chi connectivity index (χ0) is 20.3. The Bertz CT molecular complexity index is 699. The Labute approximate surface area is 188 Å². The van der Waals surface area contributed by atoms with Gasteiger partial charge in [0.2, 0.25) is 0 Å². The predicted molar refractivity (Wildman–Crippen MR) is 106 cm³/mol. The second-order valence-corrected chi connectivity index (χ2v) is 6.64. The minimum atomic E-state index is 0. The van der Waals surface area contributed by atoms with Gasteiger partial charge in [0.05, 0.1) is 11.5 Å². The van der Waals surface area contributed by atoms with Crippen molar-refractivity contribution in [3.63, 3.8) is 0 Å². The topological polar surface area (TPSA) is 58.9 Å². The molecule has 0 saturated carbocycles. The summed E-state index contributed by atoms with van der Waals surface area (Å²) >= 11 is 0. The Morgan fingerprint density at radius 3 is 0.815 bits per heavy atom. The molecule has 147 valence electrons. The molecule has 0 saturated heterocycles. The first kappa shape index (κ1) is 25.7. The normalized spacial score (nSPS) is 9.85. The maximum absolute atomic E-state index is 9.71. The van der Waals surface area contributed by atoms with Crippen LogP contribution >= 0.6 is 0 Å². The van der Waals surface area contributed by atoms with E-state index in [1.165, 1.54) is 0 Å². The number of benzene rings is 2.